The van der Waals surface area contributed by atoms with E-state index < -0.39 is 0 Å². The van der Waals surface area contributed by atoms with Gasteiger partial charge in [-0.3, -0.25) is 9.79 Å². The lowest BCUT2D eigenvalue weighted by atomic mass is 10.1. The van der Waals surface area contributed by atoms with Gasteiger partial charge in [0, 0.05) is 51.7 Å². The Balaban J connectivity index is 1.39. The number of amides is 1. The summed E-state index contributed by atoms with van der Waals surface area (Å²) in [6.45, 7) is 4.84. The van der Waals surface area contributed by atoms with Crippen LogP contribution in [-0.2, 0) is 14.3 Å². The first-order chi connectivity index (χ1) is 11.8. The van der Waals surface area contributed by atoms with E-state index in [-0.39, 0.29) is 5.91 Å². The summed E-state index contributed by atoms with van der Waals surface area (Å²) in [5.41, 5.74) is 0. The van der Waals surface area contributed by atoms with Gasteiger partial charge in [-0.25, -0.2) is 0 Å². The standard InChI is InChI=1S/C17H32N4O3/c1-18-17(19-8-2-4-16(22)21-15-5-6-15)20-9-3-10-23-12-14-7-11-24-13-14/h14-15H,2-13H2,1H3,(H,21,22)(H2,18,19,20). The molecule has 1 saturated carbocycles. The van der Waals surface area contributed by atoms with Crippen LogP contribution in [0.5, 0.6) is 0 Å². The maximum atomic E-state index is 11.6. The zero-order valence-electron chi connectivity index (χ0n) is 14.8. The zero-order chi connectivity index (χ0) is 17.0. The minimum absolute atomic E-state index is 0.159. The average Bonchev–Trinajstić information content (AvgIpc) is 3.23. The van der Waals surface area contributed by atoms with Crippen LogP contribution in [0.4, 0.5) is 0 Å². The Morgan fingerprint density at radius 2 is 2.00 bits per heavy atom. The maximum absolute atomic E-state index is 11.6. The Morgan fingerprint density at radius 3 is 2.67 bits per heavy atom. The third kappa shape index (κ3) is 8.49. The molecule has 1 amide bonds. The van der Waals surface area contributed by atoms with E-state index in [0.29, 0.717) is 18.4 Å². The summed E-state index contributed by atoms with van der Waals surface area (Å²) in [6.07, 6.45) is 5.72. The lowest BCUT2D eigenvalue weighted by Crippen LogP contribution is -2.38. The normalized spacial score (nSPS) is 20.9. The van der Waals surface area contributed by atoms with Crippen molar-refractivity contribution >= 4 is 11.9 Å². The van der Waals surface area contributed by atoms with Crippen molar-refractivity contribution in [1.82, 2.24) is 16.0 Å². The van der Waals surface area contributed by atoms with E-state index in [9.17, 15) is 4.79 Å². The minimum Gasteiger partial charge on any atom is -0.381 e. The van der Waals surface area contributed by atoms with Gasteiger partial charge in [-0.15, -0.1) is 0 Å². The number of nitrogens with one attached hydrogen (secondary N) is 3. The molecular formula is C17H32N4O3. The Labute approximate surface area is 145 Å². The van der Waals surface area contributed by atoms with Crippen LogP contribution in [0.2, 0.25) is 0 Å². The highest BCUT2D eigenvalue weighted by atomic mass is 16.5. The minimum atomic E-state index is 0.159. The molecule has 1 atom stereocenters. The highest BCUT2D eigenvalue weighted by Gasteiger charge is 2.22. The van der Waals surface area contributed by atoms with Crippen molar-refractivity contribution in [2.45, 2.75) is 44.6 Å². The van der Waals surface area contributed by atoms with Crippen LogP contribution in [0.1, 0.15) is 38.5 Å². The van der Waals surface area contributed by atoms with E-state index in [1.807, 2.05) is 0 Å². The number of carbonyl (C=O) groups excluding carboxylic acids is 1. The molecule has 2 rings (SSSR count). The number of hydrogen-bond acceptors (Lipinski definition) is 4. The number of nitrogens with zero attached hydrogens (tertiary/aromatic N) is 1. The lowest BCUT2D eigenvalue weighted by Gasteiger charge is -2.12. The van der Waals surface area contributed by atoms with Gasteiger partial charge in [-0.05, 0) is 32.1 Å². The van der Waals surface area contributed by atoms with Crippen molar-refractivity contribution < 1.29 is 14.3 Å². The molecule has 1 aliphatic carbocycles. The number of aliphatic imine (C=N–C) groups is 1. The van der Waals surface area contributed by atoms with E-state index in [1.54, 1.807) is 7.05 Å². The van der Waals surface area contributed by atoms with Crippen LogP contribution in [0, 0.1) is 5.92 Å². The SMILES string of the molecule is CN=C(NCCCOCC1CCOC1)NCCCC(=O)NC1CC1. The molecule has 0 bridgehead atoms. The van der Waals surface area contributed by atoms with Gasteiger partial charge in [0.05, 0.1) is 13.2 Å². The predicted octanol–water partition coefficient (Wildman–Crippen LogP) is 0.653. The van der Waals surface area contributed by atoms with Crippen LogP contribution in [0.25, 0.3) is 0 Å². The molecular weight excluding hydrogens is 308 g/mol. The summed E-state index contributed by atoms with van der Waals surface area (Å²) in [6, 6.07) is 0.448. The number of hydrogen-bond donors (Lipinski definition) is 3. The molecule has 1 unspecified atom stereocenters. The molecule has 138 valence electrons. The van der Waals surface area contributed by atoms with Crippen molar-refractivity contribution in [3.63, 3.8) is 0 Å². The van der Waals surface area contributed by atoms with Gasteiger partial charge in [-0.2, -0.15) is 0 Å². The molecule has 1 saturated heterocycles. The quantitative estimate of drug-likeness (QED) is 0.292. The molecule has 1 heterocycles. The van der Waals surface area contributed by atoms with E-state index in [4.69, 9.17) is 9.47 Å². The predicted molar refractivity (Wildman–Crippen MR) is 94.1 cm³/mol. The van der Waals surface area contributed by atoms with Gasteiger partial charge in [0.15, 0.2) is 5.96 Å². The van der Waals surface area contributed by atoms with Gasteiger partial charge in [0.25, 0.3) is 0 Å². The summed E-state index contributed by atoms with van der Waals surface area (Å²) in [7, 11) is 1.76. The van der Waals surface area contributed by atoms with Gasteiger partial charge >= 0.3 is 0 Å². The molecule has 2 fully saturated rings. The van der Waals surface area contributed by atoms with Crippen molar-refractivity contribution in [2.75, 3.05) is 46.6 Å². The van der Waals surface area contributed by atoms with E-state index in [0.717, 1.165) is 77.6 Å². The first-order valence-corrected chi connectivity index (χ1v) is 9.17. The molecule has 24 heavy (non-hydrogen) atoms. The molecule has 1 aliphatic heterocycles. The summed E-state index contributed by atoms with van der Waals surface area (Å²) in [5.74, 6) is 1.51. The number of ether oxygens (including phenoxy) is 2. The fourth-order valence-electron chi connectivity index (χ4n) is 2.55. The number of rotatable bonds is 11. The first kappa shape index (κ1) is 19.0. The van der Waals surface area contributed by atoms with Gasteiger partial charge in [0.1, 0.15) is 0 Å². The van der Waals surface area contributed by atoms with Crippen molar-refractivity contribution in [3.8, 4) is 0 Å². The fourth-order valence-corrected chi connectivity index (χ4v) is 2.55. The maximum Gasteiger partial charge on any atom is 0.220 e. The highest BCUT2D eigenvalue weighted by Crippen LogP contribution is 2.18. The monoisotopic (exact) mass is 340 g/mol. The largest absolute Gasteiger partial charge is 0.381 e. The van der Waals surface area contributed by atoms with Crippen molar-refractivity contribution in [2.24, 2.45) is 10.9 Å². The average molecular weight is 340 g/mol. The molecule has 0 aromatic heterocycles. The van der Waals surface area contributed by atoms with Gasteiger partial charge < -0.3 is 25.4 Å². The summed E-state index contributed by atoms with van der Waals surface area (Å²) in [4.78, 5) is 15.7. The third-order valence-corrected chi connectivity index (χ3v) is 4.17. The summed E-state index contributed by atoms with van der Waals surface area (Å²) >= 11 is 0. The van der Waals surface area contributed by atoms with Crippen LogP contribution < -0.4 is 16.0 Å². The van der Waals surface area contributed by atoms with Crippen molar-refractivity contribution in [1.29, 1.82) is 0 Å². The van der Waals surface area contributed by atoms with Gasteiger partial charge in [-0.1, -0.05) is 0 Å². The lowest BCUT2D eigenvalue weighted by molar-refractivity contribution is -0.121. The molecule has 3 N–H and O–H groups in total. The second kappa shape index (κ2) is 11.3. The van der Waals surface area contributed by atoms with E-state index in [2.05, 4.69) is 20.9 Å². The zero-order valence-corrected chi connectivity index (χ0v) is 14.8. The second-order valence-corrected chi connectivity index (χ2v) is 6.53. The fraction of sp³-hybridized carbons (Fsp3) is 0.882. The number of guanidine groups is 1. The molecule has 0 spiro atoms. The summed E-state index contributed by atoms with van der Waals surface area (Å²) < 4.78 is 11.0. The van der Waals surface area contributed by atoms with Crippen LogP contribution in [0.3, 0.4) is 0 Å². The Kier molecular flexibility index (Phi) is 8.91. The third-order valence-electron chi connectivity index (χ3n) is 4.17. The second-order valence-electron chi connectivity index (χ2n) is 6.53. The molecule has 7 heteroatoms. The number of carbonyl (C=O) groups is 1. The summed E-state index contributed by atoms with van der Waals surface area (Å²) in [5, 5.41) is 9.49. The Bertz CT molecular complexity index is 393. The topological polar surface area (TPSA) is 84.0 Å². The molecule has 2 aliphatic rings. The first-order valence-electron chi connectivity index (χ1n) is 9.17. The molecule has 0 aromatic carbocycles. The Morgan fingerprint density at radius 1 is 1.21 bits per heavy atom. The van der Waals surface area contributed by atoms with Crippen LogP contribution in [0.15, 0.2) is 4.99 Å². The van der Waals surface area contributed by atoms with Crippen LogP contribution >= 0.6 is 0 Å². The van der Waals surface area contributed by atoms with Gasteiger partial charge in [0.2, 0.25) is 5.91 Å². The van der Waals surface area contributed by atoms with E-state index >= 15 is 0 Å². The highest BCUT2D eigenvalue weighted by molar-refractivity contribution is 5.79. The Hall–Kier alpha value is -1.34. The van der Waals surface area contributed by atoms with Crippen molar-refractivity contribution in [3.05, 3.63) is 0 Å². The smallest absolute Gasteiger partial charge is 0.220 e. The molecule has 7 nitrogen and oxygen atoms in total. The molecule has 0 radical (unpaired) electrons. The molecule has 0 aromatic rings. The van der Waals surface area contributed by atoms with E-state index in [1.165, 1.54) is 0 Å². The van der Waals surface area contributed by atoms with Crippen LogP contribution in [-0.4, -0.2) is 64.5 Å².